The maximum Gasteiger partial charge on any atom is 0.416 e. The van der Waals surface area contributed by atoms with Crippen LogP contribution in [0.25, 0.3) is 11.0 Å². The Hall–Kier alpha value is -3.30. The zero-order valence-corrected chi connectivity index (χ0v) is 17.0. The first kappa shape index (κ1) is 21.0. The molecule has 1 aromatic heterocycles. The van der Waals surface area contributed by atoms with E-state index in [4.69, 9.17) is 9.47 Å². The third kappa shape index (κ3) is 4.14. The third-order valence-electron chi connectivity index (χ3n) is 5.49. The summed E-state index contributed by atoms with van der Waals surface area (Å²) in [5.41, 5.74) is 0.480. The largest absolute Gasteiger partial charge is 0.497 e. The minimum absolute atomic E-state index is 0.0503. The second-order valence-corrected chi connectivity index (χ2v) is 7.36. The Bertz CT molecular complexity index is 1080. The summed E-state index contributed by atoms with van der Waals surface area (Å²) in [6.07, 6.45) is -3.19. The maximum absolute atomic E-state index is 12.9. The molecule has 164 valence electrons. The summed E-state index contributed by atoms with van der Waals surface area (Å²) in [5, 5.41) is 7.99. The van der Waals surface area contributed by atoms with Crippen LogP contribution in [0.15, 0.2) is 36.4 Å². The highest BCUT2D eigenvalue weighted by atomic mass is 19.4. The summed E-state index contributed by atoms with van der Waals surface area (Å²) >= 11 is 0. The van der Waals surface area contributed by atoms with E-state index in [1.54, 1.807) is 27.8 Å². The molecule has 0 N–H and O–H groups in total. The Kier molecular flexibility index (Phi) is 5.47. The van der Waals surface area contributed by atoms with E-state index in [1.165, 1.54) is 20.3 Å². The van der Waals surface area contributed by atoms with Gasteiger partial charge in [0.25, 0.3) is 5.91 Å². The number of halogens is 3. The highest BCUT2D eigenvalue weighted by Crippen LogP contribution is 2.33. The molecule has 1 saturated heterocycles. The topological polar surface area (TPSA) is 69.5 Å². The minimum Gasteiger partial charge on any atom is -0.497 e. The van der Waals surface area contributed by atoms with Gasteiger partial charge in [-0.2, -0.15) is 13.2 Å². The van der Waals surface area contributed by atoms with Crippen LogP contribution >= 0.6 is 0 Å². The molecule has 10 heteroatoms. The van der Waals surface area contributed by atoms with Crippen LogP contribution in [0.3, 0.4) is 0 Å². The number of hydrogen-bond acceptors (Lipinski definition) is 5. The molecule has 4 rings (SSSR count). The molecule has 0 atom stereocenters. The average molecular weight is 434 g/mol. The van der Waals surface area contributed by atoms with Crippen molar-refractivity contribution in [3.05, 3.63) is 47.5 Å². The van der Waals surface area contributed by atoms with Gasteiger partial charge in [0.15, 0.2) is 0 Å². The maximum atomic E-state index is 12.9. The molecule has 0 radical (unpaired) electrons. The number of ether oxygens (including phenoxy) is 2. The van der Waals surface area contributed by atoms with Gasteiger partial charge >= 0.3 is 6.18 Å². The fourth-order valence-corrected chi connectivity index (χ4v) is 3.81. The van der Waals surface area contributed by atoms with Gasteiger partial charge in [-0.1, -0.05) is 5.21 Å². The predicted octanol–water partition coefficient (Wildman–Crippen LogP) is 3.94. The van der Waals surface area contributed by atoms with Gasteiger partial charge in [0, 0.05) is 24.7 Å². The SMILES string of the molecule is COc1cc(OC)cc(C(=O)N2CCC(n3nnc4cc(C(F)(F)F)ccc43)CC2)c1. The first-order chi connectivity index (χ1) is 14.8. The van der Waals surface area contributed by atoms with Crippen molar-refractivity contribution in [3.63, 3.8) is 0 Å². The lowest BCUT2D eigenvalue weighted by atomic mass is 10.0. The Morgan fingerprint density at radius 1 is 1.03 bits per heavy atom. The molecule has 31 heavy (non-hydrogen) atoms. The number of likely N-dealkylation sites (tertiary alicyclic amines) is 1. The van der Waals surface area contributed by atoms with Crippen molar-refractivity contribution >= 4 is 16.9 Å². The Balaban J connectivity index is 1.48. The number of methoxy groups -OCH3 is 2. The lowest BCUT2D eigenvalue weighted by Crippen LogP contribution is -2.39. The zero-order chi connectivity index (χ0) is 22.2. The van der Waals surface area contributed by atoms with Gasteiger partial charge in [-0.25, -0.2) is 4.68 Å². The van der Waals surface area contributed by atoms with Gasteiger partial charge in [0.05, 0.1) is 31.3 Å². The van der Waals surface area contributed by atoms with Gasteiger partial charge in [-0.15, -0.1) is 5.10 Å². The summed E-state index contributed by atoms with van der Waals surface area (Å²) in [4.78, 5) is 14.7. The van der Waals surface area contributed by atoms with E-state index in [0.29, 0.717) is 48.5 Å². The second-order valence-electron chi connectivity index (χ2n) is 7.36. The minimum atomic E-state index is -4.42. The van der Waals surface area contributed by atoms with Crippen LogP contribution in [0, 0.1) is 0 Å². The van der Waals surface area contributed by atoms with E-state index in [2.05, 4.69) is 10.3 Å². The summed E-state index contributed by atoms with van der Waals surface area (Å²) in [7, 11) is 3.04. The molecule has 0 unspecified atom stereocenters. The number of carbonyl (C=O) groups excluding carboxylic acids is 1. The highest BCUT2D eigenvalue weighted by Gasteiger charge is 2.32. The number of amides is 1. The van der Waals surface area contributed by atoms with Crippen LogP contribution in [0.5, 0.6) is 11.5 Å². The summed E-state index contributed by atoms with van der Waals surface area (Å²) in [6.45, 7) is 0.982. The molecule has 0 spiro atoms. The number of nitrogens with zero attached hydrogens (tertiary/aromatic N) is 4. The monoisotopic (exact) mass is 434 g/mol. The molecule has 0 saturated carbocycles. The zero-order valence-electron chi connectivity index (χ0n) is 17.0. The van der Waals surface area contributed by atoms with Crippen molar-refractivity contribution in [2.24, 2.45) is 0 Å². The number of piperidine rings is 1. The summed E-state index contributed by atoms with van der Waals surface area (Å²) < 4.78 is 50.9. The molecule has 1 amide bonds. The average Bonchev–Trinajstić information content (AvgIpc) is 3.21. The van der Waals surface area contributed by atoms with E-state index in [9.17, 15) is 18.0 Å². The lowest BCUT2D eigenvalue weighted by molar-refractivity contribution is -0.137. The van der Waals surface area contributed by atoms with Gasteiger partial charge in [0.2, 0.25) is 0 Å². The number of fused-ring (bicyclic) bond motifs is 1. The lowest BCUT2D eigenvalue weighted by Gasteiger charge is -2.32. The summed E-state index contributed by atoms with van der Waals surface area (Å²) in [6, 6.07) is 8.43. The second kappa shape index (κ2) is 8.09. The standard InChI is InChI=1S/C21H21F3N4O3/c1-30-16-9-13(10-17(12-16)31-2)20(29)27-7-5-15(6-8-27)28-19-4-3-14(21(22,23)24)11-18(19)25-26-28/h3-4,9-12,15H,5-8H2,1-2H3. The van der Waals surface area contributed by atoms with Crippen LogP contribution in [0.4, 0.5) is 13.2 Å². The molecule has 0 bridgehead atoms. The van der Waals surface area contributed by atoms with Crippen LogP contribution in [0.1, 0.15) is 34.8 Å². The van der Waals surface area contributed by atoms with Crippen molar-refractivity contribution in [2.75, 3.05) is 27.3 Å². The first-order valence-electron chi connectivity index (χ1n) is 9.74. The molecule has 1 aliphatic rings. The molecule has 2 aromatic carbocycles. The Labute approximate surface area is 176 Å². The number of aromatic nitrogens is 3. The van der Waals surface area contributed by atoms with Gasteiger partial charge in [-0.3, -0.25) is 4.79 Å². The first-order valence-corrected chi connectivity index (χ1v) is 9.74. The number of rotatable bonds is 4. The van der Waals surface area contributed by atoms with Crippen molar-refractivity contribution in [1.82, 2.24) is 19.9 Å². The number of carbonyl (C=O) groups is 1. The van der Waals surface area contributed by atoms with Crippen molar-refractivity contribution in [1.29, 1.82) is 0 Å². The molecule has 3 aromatic rings. The normalized spacial score (nSPS) is 15.3. The van der Waals surface area contributed by atoms with E-state index < -0.39 is 11.7 Å². The smallest absolute Gasteiger partial charge is 0.416 e. The molecular weight excluding hydrogens is 413 g/mol. The van der Waals surface area contributed by atoms with E-state index in [0.717, 1.165) is 12.1 Å². The van der Waals surface area contributed by atoms with E-state index in [1.807, 2.05) is 0 Å². The number of benzene rings is 2. The van der Waals surface area contributed by atoms with E-state index >= 15 is 0 Å². The highest BCUT2D eigenvalue weighted by molar-refractivity contribution is 5.95. The van der Waals surface area contributed by atoms with Gasteiger partial charge in [0.1, 0.15) is 17.0 Å². The van der Waals surface area contributed by atoms with Gasteiger partial charge < -0.3 is 14.4 Å². The summed E-state index contributed by atoms with van der Waals surface area (Å²) in [5.74, 6) is 0.934. The van der Waals surface area contributed by atoms with Crippen molar-refractivity contribution in [3.8, 4) is 11.5 Å². The molecule has 0 aliphatic carbocycles. The van der Waals surface area contributed by atoms with Crippen LogP contribution in [0.2, 0.25) is 0 Å². The fraction of sp³-hybridized carbons (Fsp3) is 0.381. The van der Waals surface area contributed by atoms with Crippen LogP contribution in [-0.4, -0.2) is 53.1 Å². The van der Waals surface area contributed by atoms with Crippen molar-refractivity contribution in [2.45, 2.75) is 25.1 Å². The molecular formula is C21H21F3N4O3. The molecule has 7 nitrogen and oxygen atoms in total. The quantitative estimate of drug-likeness (QED) is 0.622. The Morgan fingerprint density at radius 3 is 2.26 bits per heavy atom. The number of alkyl halides is 3. The molecule has 1 aliphatic heterocycles. The van der Waals surface area contributed by atoms with Crippen LogP contribution in [-0.2, 0) is 6.18 Å². The van der Waals surface area contributed by atoms with Gasteiger partial charge in [-0.05, 0) is 43.2 Å². The van der Waals surface area contributed by atoms with Crippen molar-refractivity contribution < 1.29 is 27.4 Å². The Morgan fingerprint density at radius 2 is 1.68 bits per heavy atom. The van der Waals surface area contributed by atoms with E-state index in [-0.39, 0.29) is 17.5 Å². The molecule has 1 fully saturated rings. The van der Waals surface area contributed by atoms with Crippen LogP contribution < -0.4 is 9.47 Å². The fourth-order valence-electron chi connectivity index (χ4n) is 3.81. The number of hydrogen-bond donors (Lipinski definition) is 0. The predicted molar refractivity (Wildman–Crippen MR) is 106 cm³/mol. The third-order valence-corrected chi connectivity index (χ3v) is 5.49. The molecule has 2 heterocycles.